The first kappa shape index (κ1) is 13.9. The predicted molar refractivity (Wildman–Crippen MR) is 68.3 cm³/mol. The van der Waals surface area contributed by atoms with Gasteiger partial charge in [-0.05, 0) is 44.1 Å². The maximum absolute atomic E-state index is 8.72. The number of aliphatic hydroxyl groups is 1. The van der Waals surface area contributed by atoms with Crippen molar-refractivity contribution >= 4 is 0 Å². The SMILES string of the molecule is CC1CCCC(C(CN)NCCCCO)C1. The number of aliphatic hydroxyl groups excluding tert-OH is 1. The van der Waals surface area contributed by atoms with E-state index in [2.05, 4.69) is 12.2 Å². The van der Waals surface area contributed by atoms with E-state index in [9.17, 15) is 0 Å². The average molecular weight is 228 g/mol. The number of unbranched alkanes of at least 4 members (excludes halogenated alkanes) is 1. The van der Waals surface area contributed by atoms with Gasteiger partial charge in [-0.2, -0.15) is 0 Å². The van der Waals surface area contributed by atoms with Crippen LogP contribution >= 0.6 is 0 Å². The van der Waals surface area contributed by atoms with Gasteiger partial charge in [0.05, 0.1) is 0 Å². The summed E-state index contributed by atoms with van der Waals surface area (Å²) in [6.45, 7) is 4.39. The van der Waals surface area contributed by atoms with Crippen LogP contribution < -0.4 is 11.1 Å². The van der Waals surface area contributed by atoms with Crippen molar-refractivity contribution in [2.75, 3.05) is 19.7 Å². The third kappa shape index (κ3) is 4.81. The summed E-state index contributed by atoms with van der Waals surface area (Å²) in [6, 6.07) is 0.487. The van der Waals surface area contributed by atoms with E-state index in [0.717, 1.165) is 37.8 Å². The number of rotatable bonds is 7. The molecular formula is C13H28N2O. The highest BCUT2D eigenvalue weighted by Gasteiger charge is 2.25. The van der Waals surface area contributed by atoms with Gasteiger partial charge in [-0.3, -0.25) is 0 Å². The van der Waals surface area contributed by atoms with Crippen molar-refractivity contribution in [1.29, 1.82) is 0 Å². The molecule has 0 amide bonds. The van der Waals surface area contributed by atoms with Gasteiger partial charge < -0.3 is 16.2 Å². The molecule has 1 aliphatic carbocycles. The van der Waals surface area contributed by atoms with Gasteiger partial charge in [0.15, 0.2) is 0 Å². The fraction of sp³-hybridized carbons (Fsp3) is 1.00. The molecule has 0 aromatic carbocycles. The van der Waals surface area contributed by atoms with Gasteiger partial charge >= 0.3 is 0 Å². The van der Waals surface area contributed by atoms with E-state index in [1.807, 2.05) is 0 Å². The molecule has 0 heterocycles. The van der Waals surface area contributed by atoms with Crippen LogP contribution in [0.15, 0.2) is 0 Å². The Balaban J connectivity index is 2.23. The third-order valence-electron chi connectivity index (χ3n) is 3.79. The lowest BCUT2D eigenvalue weighted by molar-refractivity contribution is 0.222. The molecule has 16 heavy (non-hydrogen) atoms. The fourth-order valence-corrected chi connectivity index (χ4v) is 2.81. The second-order valence-corrected chi connectivity index (χ2v) is 5.26. The van der Waals surface area contributed by atoms with E-state index >= 15 is 0 Å². The second kappa shape index (κ2) is 8.04. The van der Waals surface area contributed by atoms with E-state index < -0.39 is 0 Å². The van der Waals surface area contributed by atoms with Gasteiger partial charge in [-0.1, -0.05) is 19.8 Å². The molecule has 0 aromatic rings. The Morgan fingerprint density at radius 3 is 2.81 bits per heavy atom. The molecule has 0 bridgehead atoms. The predicted octanol–water partition coefficient (Wildman–Crippen LogP) is 1.50. The van der Waals surface area contributed by atoms with Crippen LogP contribution in [0.5, 0.6) is 0 Å². The lowest BCUT2D eigenvalue weighted by Gasteiger charge is -2.33. The maximum atomic E-state index is 8.72. The van der Waals surface area contributed by atoms with Gasteiger partial charge in [0.2, 0.25) is 0 Å². The highest BCUT2D eigenvalue weighted by atomic mass is 16.2. The van der Waals surface area contributed by atoms with Crippen LogP contribution in [-0.2, 0) is 0 Å². The maximum Gasteiger partial charge on any atom is 0.0431 e. The molecule has 4 N–H and O–H groups in total. The van der Waals surface area contributed by atoms with Crippen molar-refractivity contribution in [2.45, 2.75) is 51.5 Å². The quantitative estimate of drug-likeness (QED) is 0.579. The molecule has 3 nitrogen and oxygen atoms in total. The van der Waals surface area contributed by atoms with Crippen molar-refractivity contribution in [3.8, 4) is 0 Å². The van der Waals surface area contributed by atoms with Crippen LogP contribution in [0.25, 0.3) is 0 Å². The zero-order valence-electron chi connectivity index (χ0n) is 10.6. The van der Waals surface area contributed by atoms with E-state index in [1.165, 1.54) is 25.7 Å². The zero-order valence-corrected chi connectivity index (χ0v) is 10.6. The summed E-state index contributed by atoms with van der Waals surface area (Å²) in [7, 11) is 0. The summed E-state index contributed by atoms with van der Waals surface area (Å²) < 4.78 is 0. The van der Waals surface area contributed by atoms with Crippen LogP contribution in [-0.4, -0.2) is 30.8 Å². The van der Waals surface area contributed by atoms with Crippen LogP contribution in [0.1, 0.15) is 45.4 Å². The Hall–Kier alpha value is -0.120. The summed E-state index contributed by atoms with van der Waals surface area (Å²) in [6.07, 6.45) is 7.35. The van der Waals surface area contributed by atoms with Crippen LogP contribution in [0.4, 0.5) is 0 Å². The molecule has 96 valence electrons. The van der Waals surface area contributed by atoms with Gasteiger partial charge in [0.25, 0.3) is 0 Å². The van der Waals surface area contributed by atoms with E-state index in [4.69, 9.17) is 10.8 Å². The highest BCUT2D eigenvalue weighted by molar-refractivity contribution is 4.82. The van der Waals surface area contributed by atoms with Crippen molar-refractivity contribution < 1.29 is 5.11 Å². The third-order valence-corrected chi connectivity index (χ3v) is 3.79. The lowest BCUT2D eigenvalue weighted by atomic mass is 9.78. The van der Waals surface area contributed by atoms with Crippen LogP contribution in [0, 0.1) is 11.8 Å². The standard InChI is InChI=1S/C13H28N2O/c1-11-5-4-6-12(9-11)13(10-14)15-7-2-3-8-16/h11-13,15-16H,2-10,14H2,1H3. The molecule has 0 saturated heterocycles. The molecule has 0 spiro atoms. The first-order valence-corrected chi connectivity index (χ1v) is 6.82. The second-order valence-electron chi connectivity index (χ2n) is 5.26. The molecule has 1 rings (SSSR count). The minimum atomic E-state index is 0.301. The summed E-state index contributed by atoms with van der Waals surface area (Å²) in [5.41, 5.74) is 5.85. The van der Waals surface area contributed by atoms with Gasteiger partial charge in [-0.25, -0.2) is 0 Å². The topological polar surface area (TPSA) is 58.3 Å². The first-order chi connectivity index (χ1) is 7.77. The van der Waals surface area contributed by atoms with Gasteiger partial charge in [0, 0.05) is 19.2 Å². The molecular weight excluding hydrogens is 200 g/mol. The van der Waals surface area contributed by atoms with Crippen molar-refractivity contribution in [3.63, 3.8) is 0 Å². The zero-order chi connectivity index (χ0) is 11.8. The monoisotopic (exact) mass is 228 g/mol. The van der Waals surface area contributed by atoms with Gasteiger partial charge in [-0.15, -0.1) is 0 Å². The number of hydrogen-bond donors (Lipinski definition) is 3. The highest BCUT2D eigenvalue weighted by Crippen LogP contribution is 2.30. The Bertz CT molecular complexity index is 175. The summed E-state index contributed by atoms with van der Waals surface area (Å²) in [5.74, 6) is 1.63. The van der Waals surface area contributed by atoms with E-state index in [1.54, 1.807) is 0 Å². The first-order valence-electron chi connectivity index (χ1n) is 6.82. The molecule has 0 aromatic heterocycles. The Morgan fingerprint density at radius 1 is 1.38 bits per heavy atom. The van der Waals surface area contributed by atoms with Crippen molar-refractivity contribution in [1.82, 2.24) is 5.32 Å². The number of hydrogen-bond acceptors (Lipinski definition) is 3. The van der Waals surface area contributed by atoms with Crippen molar-refractivity contribution in [2.24, 2.45) is 17.6 Å². The molecule has 0 radical (unpaired) electrons. The average Bonchev–Trinajstić information content (AvgIpc) is 2.29. The molecule has 0 aliphatic heterocycles. The molecule has 1 saturated carbocycles. The molecule has 3 unspecified atom stereocenters. The summed E-state index contributed by atoms with van der Waals surface area (Å²) >= 11 is 0. The molecule has 1 fully saturated rings. The Kier molecular flexibility index (Phi) is 7.01. The normalized spacial score (nSPS) is 27.9. The van der Waals surface area contributed by atoms with Crippen LogP contribution in [0.3, 0.4) is 0 Å². The Morgan fingerprint density at radius 2 is 2.19 bits per heavy atom. The molecule has 1 aliphatic rings. The largest absolute Gasteiger partial charge is 0.396 e. The fourth-order valence-electron chi connectivity index (χ4n) is 2.81. The molecule has 3 heteroatoms. The minimum Gasteiger partial charge on any atom is -0.396 e. The van der Waals surface area contributed by atoms with E-state index in [-0.39, 0.29) is 0 Å². The smallest absolute Gasteiger partial charge is 0.0431 e. The van der Waals surface area contributed by atoms with Crippen molar-refractivity contribution in [3.05, 3.63) is 0 Å². The van der Waals surface area contributed by atoms with Gasteiger partial charge in [0.1, 0.15) is 0 Å². The van der Waals surface area contributed by atoms with E-state index in [0.29, 0.717) is 12.6 Å². The minimum absolute atomic E-state index is 0.301. The summed E-state index contributed by atoms with van der Waals surface area (Å²) in [4.78, 5) is 0. The summed E-state index contributed by atoms with van der Waals surface area (Å²) in [5, 5.41) is 12.3. The van der Waals surface area contributed by atoms with Crippen LogP contribution in [0.2, 0.25) is 0 Å². The molecule has 3 atom stereocenters. The number of nitrogens with one attached hydrogen (secondary N) is 1. The number of nitrogens with two attached hydrogens (primary N) is 1. The Labute approximate surface area is 99.8 Å². The lowest BCUT2D eigenvalue weighted by Crippen LogP contribution is -2.44.